The van der Waals surface area contributed by atoms with Gasteiger partial charge in [-0.2, -0.15) is 0 Å². The van der Waals surface area contributed by atoms with Crippen molar-refractivity contribution in [1.29, 1.82) is 0 Å². The number of rotatable bonds is 6. The van der Waals surface area contributed by atoms with Gasteiger partial charge in [-0.1, -0.05) is 17.7 Å². The Morgan fingerprint density at radius 3 is 2.62 bits per heavy atom. The molecule has 34 heavy (non-hydrogen) atoms. The fourth-order valence-electron chi connectivity index (χ4n) is 5.27. The Balaban J connectivity index is 1.64. The number of carbonyl (C=O) groups excluding carboxylic acids is 1. The molecule has 2 bridgehead atoms. The van der Waals surface area contributed by atoms with E-state index in [1.807, 2.05) is 0 Å². The lowest BCUT2D eigenvalue weighted by molar-refractivity contribution is -0.138. The molecular formula is C21H19ClF2N4O4S2. The lowest BCUT2D eigenvalue weighted by atomic mass is 9.38. The van der Waals surface area contributed by atoms with E-state index in [9.17, 15) is 22.0 Å². The van der Waals surface area contributed by atoms with Crippen LogP contribution in [-0.2, 0) is 19.6 Å². The van der Waals surface area contributed by atoms with E-state index in [0.29, 0.717) is 35.8 Å². The summed E-state index contributed by atoms with van der Waals surface area (Å²) in [4.78, 5) is 21.9. The Labute approximate surface area is 203 Å². The zero-order chi connectivity index (χ0) is 24.5. The smallest absolute Gasteiger partial charge is 0.338 e. The van der Waals surface area contributed by atoms with Crippen molar-refractivity contribution in [1.82, 2.24) is 15.0 Å². The van der Waals surface area contributed by atoms with Crippen LogP contribution in [0.4, 0.5) is 8.78 Å². The minimum Gasteiger partial charge on any atom is -0.466 e. The number of halogens is 3. The molecule has 3 fully saturated rings. The number of methoxy groups -OCH3 is 1. The van der Waals surface area contributed by atoms with Gasteiger partial charge in [0.15, 0.2) is 22.5 Å². The van der Waals surface area contributed by atoms with E-state index < -0.39 is 49.6 Å². The number of nitrogens with zero attached hydrogens (tertiary/aromatic N) is 2. The van der Waals surface area contributed by atoms with E-state index in [2.05, 4.69) is 20.0 Å². The van der Waals surface area contributed by atoms with Crippen LogP contribution in [0, 0.1) is 17.0 Å². The summed E-state index contributed by atoms with van der Waals surface area (Å²) >= 11 is 7.47. The Hall–Kier alpha value is -2.41. The van der Waals surface area contributed by atoms with Gasteiger partial charge >= 0.3 is 5.97 Å². The van der Waals surface area contributed by atoms with Gasteiger partial charge in [0.2, 0.25) is 10.0 Å². The highest BCUT2D eigenvalue weighted by atomic mass is 35.5. The number of hydrogen-bond donors (Lipinski definition) is 2. The molecule has 3 saturated carbocycles. The van der Waals surface area contributed by atoms with Gasteiger partial charge < -0.3 is 10.1 Å². The third-order valence-corrected chi connectivity index (χ3v) is 8.37. The summed E-state index contributed by atoms with van der Waals surface area (Å²) in [5.41, 5.74) is -0.396. The summed E-state index contributed by atoms with van der Waals surface area (Å²) in [7, 11) is -2.20. The molecule has 1 atom stereocenters. The molecule has 0 radical (unpaired) electrons. The topological polar surface area (TPSA) is 110 Å². The van der Waals surface area contributed by atoms with Crippen molar-refractivity contribution >= 4 is 44.8 Å². The van der Waals surface area contributed by atoms with Gasteiger partial charge in [-0.05, 0) is 25.3 Å². The van der Waals surface area contributed by atoms with Crippen LogP contribution >= 0.6 is 22.9 Å². The van der Waals surface area contributed by atoms with E-state index >= 15 is 0 Å². The second-order valence-electron chi connectivity index (χ2n) is 8.85. The highest BCUT2D eigenvalue weighted by Gasteiger charge is 2.71. The molecule has 8 nitrogen and oxygen atoms in total. The van der Waals surface area contributed by atoms with Crippen molar-refractivity contribution in [2.24, 2.45) is 10.4 Å². The van der Waals surface area contributed by atoms with Crippen molar-refractivity contribution in [2.75, 3.05) is 13.4 Å². The van der Waals surface area contributed by atoms with Gasteiger partial charge in [0.05, 0.1) is 24.0 Å². The van der Waals surface area contributed by atoms with Crippen LogP contribution in [0.15, 0.2) is 40.0 Å². The van der Waals surface area contributed by atoms with Gasteiger partial charge in [-0.3, -0.25) is 4.99 Å². The molecule has 0 spiro atoms. The summed E-state index contributed by atoms with van der Waals surface area (Å²) < 4.78 is 59.4. The number of amidine groups is 1. The van der Waals surface area contributed by atoms with Crippen LogP contribution < -0.4 is 10.0 Å². The molecule has 3 aliphatic carbocycles. The third kappa shape index (κ3) is 3.63. The summed E-state index contributed by atoms with van der Waals surface area (Å²) in [5.74, 6) is -2.72. The standard InChI is InChI=1S/C21H19ClF2N4O4S2/c1-32-19(29)12-15(10-3-4-11(23)14(24)13(10)22)26-17(18-25-5-6-33-18)27-16(12)20-7-21(8-20,9-20)28-34(2,30)31/h3-6,15,28H,7-9H2,1-2H3,(H,26,27)/t15-,20?,21?/m0/s1. The number of esters is 1. The minimum absolute atomic E-state index is 0.101. The average Bonchev–Trinajstić information content (AvgIpc) is 3.26. The summed E-state index contributed by atoms with van der Waals surface area (Å²) in [6, 6.07) is 1.13. The second kappa shape index (κ2) is 7.80. The molecule has 0 unspecified atom stereocenters. The molecule has 2 heterocycles. The number of aromatic nitrogens is 1. The molecule has 180 valence electrons. The Kier molecular flexibility index (Phi) is 5.36. The van der Waals surface area contributed by atoms with Crippen LogP contribution in [0.5, 0.6) is 0 Å². The van der Waals surface area contributed by atoms with Crippen molar-refractivity contribution in [3.8, 4) is 0 Å². The number of allylic oxidation sites excluding steroid dienone is 1. The first kappa shape index (κ1) is 23.3. The van der Waals surface area contributed by atoms with Crippen molar-refractivity contribution in [3.63, 3.8) is 0 Å². The van der Waals surface area contributed by atoms with Crippen LogP contribution in [0.1, 0.15) is 35.9 Å². The first-order chi connectivity index (χ1) is 16.0. The van der Waals surface area contributed by atoms with Crippen molar-refractivity contribution < 1.29 is 26.7 Å². The van der Waals surface area contributed by atoms with Gasteiger partial charge in [0.1, 0.15) is 6.04 Å². The average molecular weight is 529 g/mol. The minimum atomic E-state index is -3.42. The first-order valence-electron chi connectivity index (χ1n) is 10.2. The molecule has 2 aromatic rings. The fourth-order valence-corrected chi connectivity index (χ4v) is 7.12. The Morgan fingerprint density at radius 1 is 1.32 bits per heavy atom. The maximum Gasteiger partial charge on any atom is 0.338 e. The maximum atomic E-state index is 14.4. The number of thiazole rings is 1. The van der Waals surface area contributed by atoms with Crippen LogP contribution in [-0.4, -0.2) is 44.1 Å². The normalized spacial score (nSPS) is 27.9. The van der Waals surface area contributed by atoms with E-state index in [-0.39, 0.29) is 11.1 Å². The molecule has 2 N–H and O–H groups in total. The van der Waals surface area contributed by atoms with E-state index in [0.717, 1.165) is 12.3 Å². The zero-order valence-corrected chi connectivity index (χ0v) is 20.4. The predicted octanol–water partition coefficient (Wildman–Crippen LogP) is 3.06. The number of aliphatic imine (C=N–C) groups is 1. The molecular weight excluding hydrogens is 510 g/mol. The van der Waals surface area contributed by atoms with Crippen LogP contribution in [0.3, 0.4) is 0 Å². The first-order valence-corrected chi connectivity index (χ1v) is 13.3. The van der Waals surface area contributed by atoms with Crippen molar-refractivity contribution in [3.05, 3.63) is 62.2 Å². The monoisotopic (exact) mass is 528 g/mol. The molecule has 6 rings (SSSR count). The molecule has 1 aromatic carbocycles. The van der Waals surface area contributed by atoms with Gasteiger partial charge in [0.25, 0.3) is 0 Å². The SMILES string of the molecule is COC(=O)C1=C(C23CC(NS(C)(=O)=O)(C2)C3)NC(c2nccs2)=N[C@H]1c1ccc(F)c(F)c1Cl. The summed E-state index contributed by atoms with van der Waals surface area (Å²) in [6.07, 6.45) is 4.07. The number of sulfonamides is 1. The summed E-state index contributed by atoms with van der Waals surface area (Å²) in [6.45, 7) is 0. The number of ether oxygens (including phenoxy) is 1. The third-order valence-electron chi connectivity index (χ3n) is 6.41. The highest BCUT2D eigenvalue weighted by molar-refractivity contribution is 7.88. The predicted molar refractivity (Wildman–Crippen MR) is 122 cm³/mol. The maximum absolute atomic E-state index is 14.4. The van der Waals surface area contributed by atoms with Gasteiger partial charge in [-0.15, -0.1) is 11.3 Å². The number of benzene rings is 1. The number of nitrogens with one attached hydrogen (secondary N) is 2. The quantitative estimate of drug-likeness (QED) is 0.440. The molecule has 0 amide bonds. The molecule has 1 aromatic heterocycles. The van der Waals surface area contributed by atoms with E-state index in [1.54, 1.807) is 11.6 Å². The van der Waals surface area contributed by atoms with Gasteiger partial charge in [0, 0.05) is 33.8 Å². The van der Waals surface area contributed by atoms with Gasteiger partial charge in [-0.25, -0.2) is 31.7 Å². The van der Waals surface area contributed by atoms with Crippen molar-refractivity contribution in [2.45, 2.75) is 30.8 Å². The van der Waals surface area contributed by atoms with E-state index in [4.69, 9.17) is 16.3 Å². The zero-order valence-electron chi connectivity index (χ0n) is 18.0. The lowest BCUT2D eigenvalue weighted by Crippen LogP contribution is -2.76. The lowest BCUT2D eigenvalue weighted by Gasteiger charge is -2.71. The van der Waals surface area contributed by atoms with Crippen LogP contribution in [0.25, 0.3) is 0 Å². The largest absolute Gasteiger partial charge is 0.466 e. The molecule has 0 saturated heterocycles. The molecule has 1 aliphatic heterocycles. The Morgan fingerprint density at radius 2 is 2.03 bits per heavy atom. The molecule has 4 aliphatic rings. The summed E-state index contributed by atoms with van der Waals surface area (Å²) in [5, 5.41) is 5.01. The second-order valence-corrected chi connectivity index (χ2v) is 11.9. The molecule has 13 heteroatoms. The number of carbonyl (C=O) groups is 1. The Bertz CT molecular complexity index is 1360. The van der Waals surface area contributed by atoms with Crippen LogP contribution in [0.2, 0.25) is 5.02 Å². The van der Waals surface area contributed by atoms with E-state index in [1.165, 1.54) is 24.5 Å². The highest BCUT2D eigenvalue weighted by Crippen LogP contribution is 2.71. The fraction of sp³-hybridized carbons (Fsp3) is 0.381. The number of hydrogen-bond acceptors (Lipinski definition) is 8.